The molecule has 0 radical (unpaired) electrons. The number of alkyl carbamates (subject to hydrolysis) is 1. The van der Waals surface area contributed by atoms with Crippen molar-refractivity contribution in [3.63, 3.8) is 0 Å². The summed E-state index contributed by atoms with van der Waals surface area (Å²) >= 11 is 0. The van der Waals surface area contributed by atoms with Gasteiger partial charge in [0.2, 0.25) is 0 Å². The highest BCUT2D eigenvalue weighted by Gasteiger charge is 2.50. The number of nitrogens with one attached hydrogen (secondary N) is 1. The molecule has 2 saturated heterocycles. The molecule has 2 aliphatic heterocycles. The van der Waals surface area contributed by atoms with Crippen molar-refractivity contribution in [1.29, 1.82) is 0 Å². The molecule has 1 spiro atoms. The van der Waals surface area contributed by atoms with Gasteiger partial charge in [-0.2, -0.15) is 0 Å². The van der Waals surface area contributed by atoms with Gasteiger partial charge in [-0.25, -0.2) is 14.2 Å². The summed E-state index contributed by atoms with van der Waals surface area (Å²) in [6.07, 6.45) is 3.80. The van der Waals surface area contributed by atoms with E-state index in [4.69, 9.17) is 9.47 Å². The van der Waals surface area contributed by atoms with Crippen LogP contribution in [0.25, 0.3) is 0 Å². The Balaban J connectivity index is 1.39. The number of likely N-dealkylation sites (tertiary alicyclic amines) is 1. The molecule has 248 valence electrons. The Kier molecular flexibility index (Phi) is 10.9. The van der Waals surface area contributed by atoms with Gasteiger partial charge in [-0.05, 0) is 84.9 Å². The Morgan fingerprint density at radius 1 is 1.16 bits per heavy atom. The van der Waals surface area contributed by atoms with E-state index in [0.29, 0.717) is 30.9 Å². The van der Waals surface area contributed by atoms with Crippen molar-refractivity contribution in [3.8, 4) is 11.6 Å². The van der Waals surface area contributed by atoms with Gasteiger partial charge in [0.25, 0.3) is 11.8 Å². The van der Waals surface area contributed by atoms with Gasteiger partial charge in [0, 0.05) is 55.8 Å². The molecule has 0 saturated carbocycles. The third-order valence-electron chi connectivity index (χ3n) is 8.58. The quantitative estimate of drug-likeness (QED) is 0.304. The van der Waals surface area contributed by atoms with Gasteiger partial charge >= 0.3 is 6.09 Å². The van der Waals surface area contributed by atoms with Crippen LogP contribution >= 0.6 is 0 Å². The summed E-state index contributed by atoms with van der Waals surface area (Å²) < 4.78 is 25.8. The molecular weight excluding hydrogens is 577 g/mol. The van der Waals surface area contributed by atoms with Crippen molar-refractivity contribution in [1.82, 2.24) is 30.3 Å². The van der Waals surface area contributed by atoms with Gasteiger partial charge < -0.3 is 24.6 Å². The van der Waals surface area contributed by atoms with Gasteiger partial charge in [0.05, 0.1) is 12.2 Å². The van der Waals surface area contributed by atoms with Crippen molar-refractivity contribution >= 4 is 17.8 Å². The molecule has 3 heterocycles. The molecule has 1 aromatic carbocycles. The summed E-state index contributed by atoms with van der Waals surface area (Å²) in [6.45, 7) is 20.4. The fourth-order valence-electron chi connectivity index (χ4n) is 6.46. The number of anilines is 1. The molecule has 11 nitrogen and oxygen atoms in total. The summed E-state index contributed by atoms with van der Waals surface area (Å²) in [5.74, 6) is 0.611. The normalized spacial score (nSPS) is 17.0. The second kappa shape index (κ2) is 14.3. The molecular formula is C33H50FN7O4. The second-order valence-corrected chi connectivity index (χ2v) is 14.1. The number of nitrogens with zero attached hydrogens (tertiary/aromatic N) is 6. The number of aromatic nitrogens is 3. The Labute approximate surface area is 266 Å². The van der Waals surface area contributed by atoms with Crippen LogP contribution in [0, 0.1) is 17.2 Å². The van der Waals surface area contributed by atoms with E-state index in [1.165, 1.54) is 24.5 Å². The third kappa shape index (κ3) is 8.59. The standard InChI is InChI=1S/C33H50FN7O4/c1-9-41(23(4)5)30(42)25-17-24(34)12-13-27(25)45-29-28(35-21-36-38-29)39-15-14-33(18-39)19-40(20-33)26(22(2)3)11-10-16-44-31(43)37-32(6,7)8/h12-13,17,21-23,26H,9-11,14-16,18-20H2,1-8H3,(H,37,43). The number of rotatable bonds is 12. The van der Waals surface area contributed by atoms with Crippen molar-refractivity contribution in [2.24, 2.45) is 11.3 Å². The first-order valence-corrected chi connectivity index (χ1v) is 16.1. The number of hydrogen-bond acceptors (Lipinski definition) is 9. The lowest BCUT2D eigenvalue weighted by atomic mass is 9.76. The average Bonchev–Trinajstić information content (AvgIpc) is 3.38. The fraction of sp³-hybridized carbons (Fsp3) is 0.667. The number of carbonyl (C=O) groups excluding carboxylic acids is 2. The SMILES string of the molecule is CCN(C(=O)c1cc(F)ccc1Oc1nncnc1N1CCC2(C1)CN(C(CCCOC(=O)NC(C)(C)C)C(C)C)C2)C(C)C. The zero-order chi connectivity index (χ0) is 32.9. The molecule has 0 bridgehead atoms. The van der Waals surface area contributed by atoms with Crippen LogP contribution in [0.4, 0.5) is 15.0 Å². The zero-order valence-electron chi connectivity index (χ0n) is 28.1. The number of ether oxygens (including phenoxy) is 2. The predicted molar refractivity (Wildman–Crippen MR) is 171 cm³/mol. The minimum Gasteiger partial charge on any atom is -0.450 e. The van der Waals surface area contributed by atoms with Gasteiger partial charge in [-0.1, -0.05) is 13.8 Å². The number of benzene rings is 1. The van der Waals surface area contributed by atoms with E-state index in [0.717, 1.165) is 45.4 Å². The van der Waals surface area contributed by atoms with Gasteiger partial charge in [-0.15, -0.1) is 10.2 Å². The van der Waals surface area contributed by atoms with E-state index in [9.17, 15) is 14.0 Å². The van der Waals surface area contributed by atoms with Crippen LogP contribution in [-0.4, -0.2) is 93.9 Å². The second-order valence-electron chi connectivity index (χ2n) is 14.1. The number of halogens is 1. The maximum atomic E-state index is 14.3. The maximum absolute atomic E-state index is 14.3. The molecule has 2 fully saturated rings. The van der Waals surface area contributed by atoms with Gasteiger partial charge in [0.1, 0.15) is 17.9 Å². The lowest BCUT2D eigenvalue weighted by Crippen LogP contribution is -2.62. The lowest BCUT2D eigenvalue weighted by molar-refractivity contribution is -0.0351. The first-order valence-electron chi connectivity index (χ1n) is 16.1. The van der Waals surface area contributed by atoms with Crippen molar-refractivity contribution < 1.29 is 23.5 Å². The number of amides is 2. The Bertz CT molecular complexity index is 1330. The number of hydrogen-bond donors (Lipinski definition) is 1. The van der Waals surface area contributed by atoms with Crippen LogP contribution in [0.15, 0.2) is 24.5 Å². The van der Waals surface area contributed by atoms with Gasteiger partial charge in [0.15, 0.2) is 5.82 Å². The van der Waals surface area contributed by atoms with Crippen molar-refractivity contribution in [2.75, 3.05) is 44.2 Å². The Morgan fingerprint density at radius 2 is 1.89 bits per heavy atom. The molecule has 1 aromatic heterocycles. The Hall–Kier alpha value is -3.54. The molecule has 1 unspecified atom stereocenters. The van der Waals surface area contributed by atoms with Crippen LogP contribution in [0.5, 0.6) is 11.6 Å². The first-order chi connectivity index (χ1) is 21.2. The molecule has 2 amide bonds. The minimum absolute atomic E-state index is 0.0567. The van der Waals surface area contributed by atoms with E-state index < -0.39 is 5.82 Å². The molecule has 2 aliphatic rings. The molecule has 2 aromatic rings. The highest BCUT2D eigenvalue weighted by atomic mass is 19.1. The maximum Gasteiger partial charge on any atom is 0.407 e. The Morgan fingerprint density at radius 3 is 2.53 bits per heavy atom. The highest BCUT2D eigenvalue weighted by Crippen LogP contribution is 2.44. The predicted octanol–water partition coefficient (Wildman–Crippen LogP) is 5.52. The van der Waals surface area contributed by atoms with E-state index >= 15 is 0 Å². The molecule has 1 atom stereocenters. The average molecular weight is 628 g/mol. The monoisotopic (exact) mass is 627 g/mol. The van der Waals surface area contributed by atoms with E-state index in [2.05, 4.69) is 44.1 Å². The van der Waals surface area contributed by atoms with Crippen molar-refractivity contribution in [2.45, 2.75) is 92.3 Å². The number of carbonyl (C=O) groups is 2. The van der Waals surface area contributed by atoms with E-state index in [1.54, 1.807) is 4.90 Å². The summed E-state index contributed by atoms with van der Waals surface area (Å²) in [5, 5.41) is 11.0. The smallest absolute Gasteiger partial charge is 0.407 e. The molecule has 4 rings (SSSR count). The minimum atomic E-state index is -0.516. The molecule has 45 heavy (non-hydrogen) atoms. The van der Waals surface area contributed by atoms with Crippen LogP contribution in [0.2, 0.25) is 0 Å². The zero-order valence-corrected chi connectivity index (χ0v) is 28.1. The third-order valence-corrected chi connectivity index (χ3v) is 8.58. The van der Waals surface area contributed by atoms with Crippen LogP contribution in [-0.2, 0) is 4.74 Å². The first kappa shape index (κ1) is 34.3. The summed E-state index contributed by atoms with van der Waals surface area (Å²) in [5.41, 5.74) is -0.0518. The molecule has 0 aliphatic carbocycles. The topological polar surface area (TPSA) is 113 Å². The van der Waals surface area contributed by atoms with E-state index in [1.807, 2.05) is 41.5 Å². The van der Waals surface area contributed by atoms with Crippen LogP contribution in [0.3, 0.4) is 0 Å². The lowest BCUT2D eigenvalue weighted by Gasteiger charge is -2.53. The summed E-state index contributed by atoms with van der Waals surface area (Å²) in [4.78, 5) is 36.2. The molecule has 1 N–H and O–H groups in total. The van der Waals surface area contributed by atoms with Crippen LogP contribution in [0.1, 0.15) is 85.0 Å². The van der Waals surface area contributed by atoms with Gasteiger partial charge in [-0.3, -0.25) is 9.69 Å². The summed E-state index contributed by atoms with van der Waals surface area (Å²) in [6, 6.07) is 4.28. The summed E-state index contributed by atoms with van der Waals surface area (Å²) in [7, 11) is 0. The van der Waals surface area contributed by atoms with Crippen LogP contribution < -0.4 is 15.0 Å². The largest absolute Gasteiger partial charge is 0.450 e. The fourth-order valence-corrected chi connectivity index (χ4v) is 6.46. The molecule has 12 heteroatoms. The van der Waals surface area contributed by atoms with E-state index in [-0.39, 0.29) is 46.2 Å². The van der Waals surface area contributed by atoms with Crippen molar-refractivity contribution in [3.05, 3.63) is 35.9 Å². The highest BCUT2D eigenvalue weighted by molar-refractivity contribution is 5.97.